The zero-order valence-electron chi connectivity index (χ0n) is 24.9. The summed E-state index contributed by atoms with van der Waals surface area (Å²) >= 11 is 1.43. The highest BCUT2D eigenvalue weighted by Crippen LogP contribution is 2.40. The molecule has 230 valence electrons. The third kappa shape index (κ3) is 7.53. The molecular formula is C33H36N4O6S. The lowest BCUT2D eigenvalue weighted by Gasteiger charge is -2.33. The van der Waals surface area contributed by atoms with Gasteiger partial charge in [-0.3, -0.25) is 19.4 Å². The zero-order chi connectivity index (χ0) is 31.9. The summed E-state index contributed by atoms with van der Waals surface area (Å²) in [5.41, 5.74) is 1.65. The molecule has 3 amide bonds. The lowest BCUT2D eigenvalue weighted by molar-refractivity contribution is -0.147. The number of aromatic nitrogens is 1. The topological polar surface area (TPSA) is 138 Å². The molecule has 1 fully saturated rings. The molecule has 0 spiro atoms. The van der Waals surface area contributed by atoms with Gasteiger partial charge in [-0.05, 0) is 57.0 Å². The predicted molar refractivity (Wildman–Crippen MR) is 168 cm³/mol. The number of ether oxygens (including phenoxy) is 1. The number of hydrogen-bond donors (Lipinski definition) is 3. The SMILES string of the molecule is C=CCNC(=O)C1N(C(=O)C(O)C(Cc2ccccc2)NC(=O)c2cccc(OC(=O)c3cccnc3)c2C)CSC1(C)C. The van der Waals surface area contributed by atoms with Crippen LogP contribution in [0.5, 0.6) is 5.75 Å². The lowest BCUT2D eigenvalue weighted by atomic mass is 9.96. The van der Waals surface area contributed by atoms with Crippen LogP contribution in [-0.4, -0.2) is 74.0 Å². The maximum absolute atomic E-state index is 13.8. The zero-order valence-corrected chi connectivity index (χ0v) is 25.7. The van der Waals surface area contributed by atoms with Gasteiger partial charge in [0.2, 0.25) is 5.91 Å². The van der Waals surface area contributed by atoms with Crippen molar-refractivity contribution in [2.75, 3.05) is 12.4 Å². The van der Waals surface area contributed by atoms with Crippen molar-refractivity contribution < 1.29 is 29.0 Å². The normalized spacial score (nSPS) is 16.8. The second kappa shape index (κ2) is 14.3. The molecule has 3 N–H and O–H groups in total. The van der Waals surface area contributed by atoms with Crippen LogP contribution in [0.2, 0.25) is 0 Å². The number of benzene rings is 2. The fourth-order valence-electron chi connectivity index (χ4n) is 4.99. The number of amides is 3. The Bertz CT molecular complexity index is 1520. The first-order valence-electron chi connectivity index (χ1n) is 14.1. The van der Waals surface area contributed by atoms with Gasteiger partial charge in [0.25, 0.3) is 11.8 Å². The van der Waals surface area contributed by atoms with Crippen LogP contribution in [0.3, 0.4) is 0 Å². The van der Waals surface area contributed by atoms with Crippen molar-refractivity contribution in [3.8, 4) is 5.75 Å². The molecule has 0 radical (unpaired) electrons. The average Bonchev–Trinajstić information content (AvgIpc) is 3.35. The monoisotopic (exact) mass is 616 g/mol. The molecule has 11 heteroatoms. The number of carbonyl (C=O) groups excluding carboxylic acids is 4. The van der Waals surface area contributed by atoms with E-state index < -0.39 is 40.7 Å². The highest BCUT2D eigenvalue weighted by atomic mass is 32.2. The van der Waals surface area contributed by atoms with Crippen LogP contribution >= 0.6 is 11.8 Å². The molecule has 0 aliphatic carbocycles. The van der Waals surface area contributed by atoms with Crippen LogP contribution in [0, 0.1) is 6.92 Å². The third-order valence-electron chi connectivity index (χ3n) is 7.38. The molecular weight excluding hydrogens is 580 g/mol. The molecule has 44 heavy (non-hydrogen) atoms. The molecule has 2 heterocycles. The Kier molecular flexibility index (Phi) is 10.6. The Balaban J connectivity index is 1.58. The summed E-state index contributed by atoms with van der Waals surface area (Å²) in [5.74, 6) is -1.82. The number of rotatable bonds is 11. The number of pyridine rings is 1. The highest BCUT2D eigenvalue weighted by molar-refractivity contribution is 8.00. The molecule has 1 aromatic heterocycles. The minimum absolute atomic E-state index is 0.145. The first kappa shape index (κ1) is 32.4. The maximum Gasteiger partial charge on any atom is 0.345 e. The van der Waals surface area contributed by atoms with Crippen molar-refractivity contribution >= 4 is 35.5 Å². The van der Waals surface area contributed by atoms with E-state index in [9.17, 15) is 24.3 Å². The predicted octanol–water partition coefficient (Wildman–Crippen LogP) is 3.29. The van der Waals surface area contributed by atoms with Crippen molar-refractivity contribution in [1.29, 1.82) is 0 Å². The van der Waals surface area contributed by atoms with Crippen molar-refractivity contribution in [3.63, 3.8) is 0 Å². The first-order chi connectivity index (χ1) is 21.0. The molecule has 1 aliphatic rings. The van der Waals surface area contributed by atoms with E-state index in [-0.39, 0.29) is 41.6 Å². The quantitative estimate of drug-likeness (QED) is 0.170. The Morgan fingerprint density at radius 3 is 2.57 bits per heavy atom. The Morgan fingerprint density at radius 1 is 1.14 bits per heavy atom. The van der Waals surface area contributed by atoms with Crippen LogP contribution in [0.15, 0.2) is 85.7 Å². The van der Waals surface area contributed by atoms with Gasteiger partial charge >= 0.3 is 5.97 Å². The molecule has 0 saturated carbocycles. The third-order valence-corrected chi connectivity index (χ3v) is 8.75. The number of aliphatic hydroxyl groups excluding tert-OH is 1. The van der Waals surface area contributed by atoms with E-state index in [1.807, 2.05) is 44.2 Å². The standard InChI is InChI=1S/C33H36N4O6S/c1-5-16-35-30(40)28-33(3,4)44-20-37(28)31(41)27(38)25(18-22-11-7-6-8-12-22)36-29(39)24-14-9-15-26(21(24)2)43-32(42)23-13-10-17-34-19-23/h5-15,17,19,25,27-28,38H,1,16,18,20H2,2-4H3,(H,35,40)(H,36,39). The summed E-state index contributed by atoms with van der Waals surface area (Å²) in [6, 6.07) is 15.2. The molecule has 3 unspecified atom stereocenters. The number of nitrogens with one attached hydrogen (secondary N) is 2. The number of hydrogen-bond acceptors (Lipinski definition) is 8. The summed E-state index contributed by atoms with van der Waals surface area (Å²) in [6.45, 7) is 9.25. The summed E-state index contributed by atoms with van der Waals surface area (Å²) in [5, 5.41) is 17.1. The highest BCUT2D eigenvalue weighted by Gasteiger charge is 2.49. The number of aliphatic hydroxyl groups is 1. The van der Waals surface area contributed by atoms with Crippen LogP contribution in [-0.2, 0) is 16.0 Å². The smallest absolute Gasteiger partial charge is 0.345 e. The molecule has 0 bridgehead atoms. The van der Waals surface area contributed by atoms with Gasteiger partial charge in [0, 0.05) is 34.8 Å². The van der Waals surface area contributed by atoms with E-state index in [0.29, 0.717) is 5.56 Å². The molecule has 2 aromatic carbocycles. The minimum Gasteiger partial charge on any atom is -0.423 e. The maximum atomic E-state index is 13.8. The van der Waals surface area contributed by atoms with Gasteiger partial charge in [-0.2, -0.15) is 0 Å². The van der Waals surface area contributed by atoms with Gasteiger partial charge in [-0.15, -0.1) is 18.3 Å². The van der Waals surface area contributed by atoms with Crippen LogP contribution in [0.4, 0.5) is 0 Å². The first-order valence-corrected chi connectivity index (χ1v) is 15.1. The number of thioether (sulfide) groups is 1. The summed E-state index contributed by atoms with van der Waals surface area (Å²) in [7, 11) is 0. The Labute approximate surface area is 260 Å². The molecule has 3 aromatic rings. The van der Waals surface area contributed by atoms with Crippen molar-refractivity contribution in [2.45, 2.75) is 50.1 Å². The van der Waals surface area contributed by atoms with Crippen molar-refractivity contribution in [2.24, 2.45) is 0 Å². The number of carbonyl (C=O) groups is 4. The summed E-state index contributed by atoms with van der Waals surface area (Å²) < 4.78 is 4.93. The second-order valence-electron chi connectivity index (χ2n) is 10.9. The van der Waals surface area contributed by atoms with E-state index in [2.05, 4.69) is 22.2 Å². The van der Waals surface area contributed by atoms with E-state index in [0.717, 1.165) is 5.56 Å². The fraction of sp³-hybridized carbons (Fsp3) is 0.303. The van der Waals surface area contributed by atoms with Gasteiger partial charge in [-0.1, -0.05) is 42.5 Å². The van der Waals surface area contributed by atoms with Crippen LogP contribution < -0.4 is 15.4 Å². The van der Waals surface area contributed by atoms with Crippen molar-refractivity contribution in [1.82, 2.24) is 20.5 Å². The lowest BCUT2D eigenvalue weighted by Crippen LogP contribution is -2.58. The van der Waals surface area contributed by atoms with E-state index in [1.165, 1.54) is 22.9 Å². The molecule has 1 saturated heterocycles. The van der Waals surface area contributed by atoms with E-state index >= 15 is 0 Å². The number of nitrogens with zero attached hydrogens (tertiary/aromatic N) is 2. The van der Waals surface area contributed by atoms with Gasteiger partial charge in [0.05, 0.1) is 17.5 Å². The molecule has 10 nitrogen and oxygen atoms in total. The van der Waals surface area contributed by atoms with Gasteiger partial charge < -0.3 is 25.4 Å². The molecule has 3 atom stereocenters. The molecule has 1 aliphatic heterocycles. The summed E-state index contributed by atoms with van der Waals surface area (Å²) in [6.07, 6.45) is 2.96. The van der Waals surface area contributed by atoms with Crippen molar-refractivity contribution in [3.05, 3.63) is 108 Å². The second-order valence-corrected chi connectivity index (χ2v) is 12.5. The minimum atomic E-state index is -1.66. The van der Waals surface area contributed by atoms with Gasteiger partial charge in [0.1, 0.15) is 11.8 Å². The number of esters is 1. The average molecular weight is 617 g/mol. The largest absolute Gasteiger partial charge is 0.423 e. The van der Waals surface area contributed by atoms with E-state index in [1.54, 1.807) is 49.5 Å². The van der Waals surface area contributed by atoms with Crippen LogP contribution in [0.25, 0.3) is 0 Å². The van der Waals surface area contributed by atoms with Crippen LogP contribution in [0.1, 0.15) is 45.7 Å². The summed E-state index contributed by atoms with van der Waals surface area (Å²) in [4.78, 5) is 58.4. The van der Waals surface area contributed by atoms with Gasteiger partial charge in [0.15, 0.2) is 6.10 Å². The fourth-order valence-corrected chi connectivity index (χ4v) is 6.13. The Hall–Kier alpha value is -4.48. The van der Waals surface area contributed by atoms with Gasteiger partial charge in [-0.25, -0.2) is 4.79 Å². The van der Waals surface area contributed by atoms with E-state index in [4.69, 9.17) is 4.74 Å². The molecule has 4 rings (SSSR count). The Morgan fingerprint density at radius 2 is 1.89 bits per heavy atom.